The highest BCUT2D eigenvalue weighted by molar-refractivity contribution is 9.09. The Hall–Kier alpha value is 0.140. The van der Waals surface area contributed by atoms with E-state index in [0.29, 0.717) is 0 Å². The van der Waals surface area contributed by atoms with Crippen molar-refractivity contribution in [3.63, 3.8) is 0 Å². The van der Waals surface area contributed by atoms with Gasteiger partial charge in [-0.3, -0.25) is 0 Å². The van der Waals surface area contributed by atoms with Gasteiger partial charge in [0, 0.05) is 6.42 Å². The fourth-order valence-electron chi connectivity index (χ4n) is 3.44. The van der Waals surface area contributed by atoms with Crippen LogP contribution in [0, 0.1) is 5.41 Å². The molecule has 0 aromatic rings. The molecule has 1 aliphatic heterocycles. The summed E-state index contributed by atoms with van der Waals surface area (Å²) in [5, 5.41) is 0. The summed E-state index contributed by atoms with van der Waals surface area (Å²) in [4.78, 5) is 0.201. The molecular weight excluding hydrogens is 292 g/mol. The molecule has 1 unspecified atom stereocenters. The third kappa shape index (κ3) is 2.41. The number of allylic oxidation sites excluding steroid dienone is 1. The van der Waals surface area contributed by atoms with Gasteiger partial charge < -0.3 is 9.47 Å². The molecule has 1 saturated heterocycles. The van der Waals surface area contributed by atoms with Gasteiger partial charge in [-0.05, 0) is 25.2 Å². The molecule has 0 radical (unpaired) electrons. The zero-order valence-electron chi connectivity index (χ0n) is 12.0. The van der Waals surface area contributed by atoms with Crippen LogP contribution in [-0.2, 0) is 9.47 Å². The molecule has 1 spiro atoms. The van der Waals surface area contributed by atoms with Crippen molar-refractivity contribution in [2.75, 3.05) is 13.2 Å². The summed E-state index contributed by atoms with van der Waals surface area (Å²) in [5.74, 6) is -0.427. The first-order valence-electron chi connectivity index (χ1n) is 7.05. The zero-order chi connectivity index (χ0) is 13.4. The first-order chi connectivity index (χ1) is 8.43. The van der Waals surface area contributed by atoms with Crippen molar-refractivity contribution in [1.29, 1.82) is 0 Å². The minimum absolute atomic E-state index is 0.174. The summed E-state index contributed by atoms with van der Waals surface area (Å²) in [5.41, 5.74) is 3.19. The first-order valence-corrected chi connectivity index (χ1v) is 7.96. The summed E-state index contributed by atoms with van der Waals surface area (Å²) in [6.45, 7) is 10.6. The fourth-order valence-corrected chi connectivity index (χ4v) is 4.14. The Morgan fingerprint density at radius 3 is 2.44 bits per heavy atom. The molecule has 1 fully saturated rings. The summed E-state index contributed by atoms with van der Waals surface area (Å²) >= 11 is 3.81. The van der Waals surface area contributed by atoms with Gasteiger partial charge in [-0.25, -0.2) is 0 Å². The molecule has 18 heavy (non-hydrogen) atoms. The molecule has 1 heterocycles. The Labute approximate surface area is 119 Å². The molecule has 1 aliphatic carbocycles. The molecule has 104 valence electrons. The minimum atomic E-state index is -0.427. The lowest BCUT2D eigenvalue weighted by molar-refractivity contribution is -0.173. The first kappa shape index (κ1) is 14.5. The lowest BCUT2D eigenvalue weighted by Crippen LogP contribution is -2.49. The maximum atomic E-state index is 5.95. The van der Waals surface area contributed by atoms with Crippen LogP contribution in [0.5, 0.6) is 0 Å². The van der Waals surface area contributed by atoms with Crippen LogP contribution in [0.3, 0.4) is 0 Å². The molecule has 0 aromatic heterocycles. The van der Waals surface area contributed by atoms with Gasteiger partial charge in [-0.1, -0.05) is 54.3 Å². The van der Waals surface area contributed by atoms with Crippen LogP contribution in [0.25, 0.3) is 0 Å². The highest BCUT2D eigenvalue weighted by Crippen LogP contribution is 2.52. The van der Waals surface area contributed by atoms with Crippen molar-refractivity contribution in [1.82, 2.24) is 0 Å². The second-order valence-corrected chi connectivity index (χ2v) is 7.11. The molecule has 0 aromatic carbocycles. The van der Waals surface area contributed by atoms with Crippen molar-refractivity contribution in [2.45, 2.75) is 64.0 Å². The molecule has 3 heteroatoms. The average Bonchev–Trinajstić information content (AvgIpc) is 2.75. The van der Waals surface area contributed by atoms with E-state index < -0.39 is 5.79 Å². The highest BCUT2D eigenvalue weighted by Gasteiger charge is 2.52. The number of unbranched alkanes of at least 4 members (excludes halogenated alkanes) is 1. The van der Waals surface area contributed by atoms with Crippen molar-refractivity contribution in [3.8, 4) is 0 Å². The van der Waals surface area contributed by atoms with E-state index in [0.717, 1.165) is 19.6 Å². The van der Waals surface area contributed by atoms with Gasteiger partial charge >= 0.3 is 0 Å². The van der Waals surface area contributed by atoms with Gasteiger partial charge in [0.05, 0.1) is 18.0 Å². The van der Waals surface area contributed by atoms with Gasteiger partial charge in [-0.15, -0.1) is 0 Å². The van der Waals surface area contributed by atoms with E-state index >= 15 is 0 Å². The topological polar surface area (TPSA) is 18.5 Å². The monoisotopic (exact) mass is 316 g/mol. The molecule has 0 bridgehead atoms. The molecule has 1 atom stereocenters. The van der Waals surface area contributed by atoms with Crippen LogP contribution in [0.15, 0.2) is 11.1 Å². The van der Waals surface area contributed by atoms with E-state index in [1.54, 1.807) is 5.57 Å². The van der Waals surface area contributed by atoms with E-state index in [4.69, 9.17) is 9.47 Å². The minimum Gasteiger partial charge on any atom is -0.346 e. The summed E-state index contributed by atoms with van der Waals surface area (Å²) < 4.78 is 11.9. The normalized spacial score (nSPS) is 30.2. The predicted molar refractivity (Wildman–Crippen MR) is 78.0 cm³/mol. The van der Waals surface area contributed by atoms with Gasteiger partial charge in [-0.2, -0.15) is 0 Å². The number of alkyl halides is 1. The van der Waals surface area contributed by atoms with E-state index in [2.05, 4.69) is 43.6 Å². The smallest absolute Gasteiger partial charge is 0.185 e. The highest BCUT2D eigenvalue weighted by atomic mass is 79.9. The number of ether oxygens (including phenoxy) is 2. The number of halogens is 1. The van der Waals surface area contributed by atoms with E-state index in [-0.39, 0.29) is 10.2 Å². The fraction of sp³-hybridized carbons (Fsp3) is 0.867. The second kappa shape index (κ2) is 5.26. The molecule has 0 amide bonds. The Morgan fingerprint density at radius 1 is 1.28 bits per heavy atom. The lowest BCUT2D eigenvalue weighted by atomic mass is 9.68. The molecule has 0 N–H and O–H groups in total. The van der Waals surface area contributed by atoms with Crippen LogP contribution in [0.2, 0.25) is 0 Å². The number of hydrogen-bond donors (Lipinski definition) is 0. The van der Waals surface area contributed by atoms with Crippen LogP contribution in [0.1, 0.15) is 53.4 Å². The number of rotatable bonds is 3. The Kier molecular flexibility index (Phi) is 4.25. The van der Waals surface area contributed by atoms with E-state index in [9.17, 15) is 0 Å². The Balaban J connectivity index is 2.31. The third-order valence-corrected chi connectivity index (χ3v) is 5.69. The number of hydrogen-bond acceptors (Lipinski definition) is 2. The third-order valence-electron chi connectivity index (χ3n) is 4.30. The molecule has 2 rings (SSSR count). The summed E-state index contributed by atoms with van der Waals surface area (Å²) in [6.07, 6.45) is 4.67. The maximum Gasteiger partial charge on any atom is 0.185 e. The average molecular weight is 317 g/mol. The summed E-state index contributed by atoms with van der Waals surface area (Å²) in [6, 6.07) is 0. The summed E-state index contributed by atoms with van der Waals surface area (Å²) in [7, 11) is 0. The standard InChI is InChI=1S/C15H25BrO2/c1-5-6-7-12-11(2)13(16)15(10-14(12,3)4)17-8-9-18-15/h13H,5-10H2,1-4H3. The second-order valence-electron chi connectivity index (χ2n) is 6.20. The van der Waals surface area contributed by atoms with Gasteiger partial charge in [0.25, 0.3) is 0 Å². The Morgan fingerprint density at radius 2 is 1.89 bits per heavy atom. The zero-order valence-corrected chi connectivity index (χ0v) is 13.6. The largest absolute Gasteiger partial charge is 0.346 e. The molecule has 2 nitrogen and oxygen atoms in total. The predicted octanol–water partition coefficient (Wildman–Crippen LogP) is 4.43. The van der Waals surface area contributed by atoms with E-state index in [1.165, 1.54) is 24.8 Å². The molecule has 0 saturated carbocycles. The molecule has 2 aliphatic rings. The quantitative estimate of drug-likeness (QED) is 0.566. The van der Waals surface area contributed by atoms with Crippen LogP contribution in [-0.4, -0.2) is 23.8 Å². The van der Waals surface area contributed by atoms with Crippen LogP contribution < -0.4 is 0 Å². The maximum absolute atomic E-state index is 5.95. The SMILES string of the molecule is CCCCC1=C(C)C(Br)C2(CC1(C)C)OCCO2. The van der Waals surface area contributed by atoms with Gasteiger partial charge in [0.1, 0.15) is 0 Å². The van der Waals surface area contributed by atoms with Gasteiger partial charge in [0.2, 0.25) is 0 Å². The van der Waals surface area contributed by atoms with Gasteiger partial charge in [0.15, 0.2) is 5.79 Å². The van der Waals surface area contributed by atoms with Crippen molar-refractivity contribution >= 4 is 15.9 Å². The van der Waals surface area contributed by atoms with Crippen LogP contribution >= 0.6 is 15.9 Å². The Bertz CT molecular complexity index is 340. The van der Waals surface area contributed by atoms with Crippen molar-refractivity contribution in [2.24, 2.45) is 5.41 Å². The van der Waals surface area contributed by atoms with Crippen molar-refractivity contribution < 1.29 is 9.47 Å². The van der Waals surface area contributed by atoms with E-state index in [1.807, 2.05) is 0 Å². The van der Waals surface area contributed by atoms with Crippen molar-refractivity contribution in [3.05, 3.63) is 11.1 Å². The van der Waals surface area contributed by atoms with Crippen LogP contribution in [0.4, 0.5) is 0 Å². The molecular formula is C15H25BrO2. The lowest BCUT2D eigenvalue weighted by Gasteiger charge is -2.46.